The average molecular weight is 493 g/mol. The van der Waals surface area contributed by atoms with Crippen molar-refractivity contribution in [3.8, 4) is 5.75 Å². The van der Waals surface area contributed by atoms with Gasteiger partial charge in [-0.25, -0.2) is 8.42 Å². The molecule has 0 saturated heterocycles. The molecule has 0 bridgehead atoms. The molecule has 0 aromatic heterocycles. The van der Waals surface area contributed by atoms with E-state index in [2.05, 4.69) is 5.32 Å². The smallest absolute Gasteiger partial charge is 0.255 e. The average Bonchev–Trinajstić information content (AvgIpc) is 2.78. The highest BCUT2D eigenvalue weighted by atomic mass is 35.5. The third-order valence-electron chi connectivity index (χ3n) is 4.64. The molecule has 3 rings (SSSR count). The zero-order valence-electron chi connectivity index (χ0n) is 17.5. The number of benzene rings is 3. The Morgan fingerprint density at radius 3 is 2.38 bits per heavy atom. The van der Waals surface area contributed by atoms with Crippen LogP contribution in [-0.2, 0) is 16.6 Å². The Hall–Kier alpha value is -2.58. The zero-order chi connectivity index (χ0) is 23.3. The van der Waals surface area contributed by atoms with Gasteiger partial charge in [0.25, 0.3) is 5.91 Å². The number of nitrogens with zero attached hydrogens (tertiary/aromatic N) is 1. The van der Waals surface area contributed by atoms with E-state index in [4.69, 9.17) is 27.9 Å². The first-order chi connectivity index (χ1) is 15.2. The quantitative estimate of drug-likeness (QED) is 0.452. The number of sulfonamides is 1. The first kappa shape index (κ1) is 24.1. The van der Waals surface area contributed by atoms with Gasteiger partial charge in [-0.05, 0) is 55.5 Å². The van der Waals surface area contributed by atoms with E-state index in [0.29, 0.717) is 39.2 Å². The summed E-state index contributed by atoms with van der Waals surface area (Å²) in [6.45, 7) is 2.26. The third kappa shape index (κ3) is 5.61. The SMILES string of the molecule is CCOc1ccc(C(=O)Nc2ccc(Cl)c(Cl)c2)cc1CN(C)S(=O)(=O)c1ccccc1. The van der Waals surface area contributed by atoms with Gasteiger partial charge in [-0.1, -0.05) is 41.4 Å². The molecular formula is C23H22Cl2N2O4S. The lowest BCUT2D eigenvalue weighted by Crippen LogP contribution is -2.27. The molecule has 3 aromatic carbocycles. The van der Waals surface area contributed by atoms with Gasteiger partial charge in [-0.15, -0.1) is 0 Å². The summed E-state index contributed by atoms with van der Waals surface area (Å²) >= 11 is 11.9. The molecule has 32 heavy (non-hydrogen) atoms. The van der Waals surface area contributed by atoms with Crippen molar-refractivity contribution in [2.24, 2.45) is 0 Å². The number of carbonyl (C=O) groups excluding carboxylic acids is 1. The lowest BCUT2D eigenvalue weighted by atomic mass is 10.1. The van der Waals surface area contributed by atoms with Crippen molar-refractivity contribution in [2.45, 2.75) is 18.4 Å². The number of hydrogen-bond acceptors (Lipinski definition) is 4. The van der Waals surface area contributed by atoms with Crippen molar-refractivity contribution in [3.63, 3.8) is 0 Å². The molecule has 0 aliphatic rings. The third-order valence-corrected chi connectivity index (χ3v) is 7.20. The Morgan fingerprint density at radius 1 is 1.00 bits per heavy atom. The minimum atomic E-state index is -3.71. The Labute approximate surface area is 197 Å². The Morgan fingerprint density at radius 2 is 1.72 bits per heavy atom. The molecule has 3 aromatic rings. The summed E-state index contributed by atoms with van der Waals surface area (Å²) in [4.78, 5) is 13.0. The van der Waals surface area contributed by atoms with E-state index in [9.17, 15) is 13.2 Å². The first-order valence-corrected chi connectivity index (χ1v) is 12.0. The highest BCUT2D eigenvalue weighted by molar-refractivity contribution is 7.89. The molecule has 1 amide bonds. The van der Waals surface area contributed by atoms with E-state index in [1.165, 1.54) is 23.5 Å². The van der Waals surface area contributed by atoms with E-state index < -0.39 is 10.0 Å². The molecule has 0 aliphatic carbocycles. The van der Waals surface area contributed by atoms with Gasteiger partial charge in [0.05, 0.1) is 21.5 Å². The molecule has 0 fully saturated rings. The molecule has 0 aliphatic heterocycles. The van der Waals surface area contributed by atoms with Crippen molar-refractivity contribution in [2.75, 3.05) is 19.0 Å². The predicted octanol–water partition coefficient (Wildman–Crippen LogP) is 5.47. The van der Waals surface area contributed by atoms with Crippen LogP contribution in [-0.4, -0.2) is 32.3 Å². The van der Waals surface area contributed by atoms with Gasteiger partial charge in [0.1, 0.15) is 5.75 Å². The molecule has 0 heterocycles. The van der Waals surface area contributed by atoms with Gasteiger partial charge < -0.3 is 10.1 Å². The maximum atomic E-state index is 12.9. The second-order valence-corrected chi connectivity index (χ2v) is 9.77. The summed E-state index contributed by atoms with van der Waals surface area (Å²) in [6, 6.07) is 17.8. The van der Waals surface area contributed by atoms with Gasteiger partial charge >= 0.3 is 0 Å². The normalized spacial score (nSPS) is 11.4. The van der Waals surface area contributed by atoms with Crippen LogP contribution in [0.1, 0.15) is 22.8 Å². The van der Waals surface area contributed by atoms with Crippen LogP contribution in [0.5, 0.6) is 5.75 Å². The molecule has 0 atom stereocenters. The molecule has 9 heteroatoms. The highest BCUT2D eigenvalue weighted by Crippen LogP contribution is 2.27. The van der Waals surface area contributed by atoms with Crippen molar-refractivity contribution < 1.29 is 17.9 Å². The van der Waals surface area contributed by atoms with E-state index >= 15 is 0 Å². The second-order valence-electron chi connectivity index (χ2n) is 6.91. The summed E-state index contributed by atoms with van der Waals surface area (Å²) in [5, 5.41) is 3.47. The van der Waals surface area contributed by atoms with Crippen LogP contribution < -0.4 is 10.1 Å². The van der Waals surface area contributed by atoms with Crippen molar-refractivity contribution in [1.82, 2.24) is 4.31 Å². The lowest BCUT2D eigenvalue weighted by molar-refractivity contribution is 0.102. The van der Waals surface area contributed by atoms with Crippen LogP contribution in [0.3, 0.4) is 0 Å². The summed E-state index contributed by atoms with van der Waals surface area (Å²) in [6.07, 6.45) is 0. The second kappa shape index (κ2) is 10.4. The van der Waals surface area contributed by atoms with Crippen molar-refractivity contribution in [3.05, 3.63) is 87.9 Å². The molecule has 0 unspecified atom stereocenters. The van der Waals surface area contributed by atoms with Crippen LogP contribution in [0.2, 0.25) is 10.0 Å². The van der Waals surface area contributed by atoms with E-state index in [0.717, 1.165) is 0 Å². The molecule has 6 nitrogen and oxygen atoms in total. The number of ether oxygens (including phenoxy) is 1. The topological polar surface area (TPSA) is 75.7 Å². The molecule has 0 radical (unpaired) electrons. The van der Waals surface area contributed by atoms with Gasteiger partial charge in [0.15, 0.2) is 0 Å². The standard InChI is InChI=1S/C23H22Cl2N2O4S/c1-3-31-22-12-9-16(23(28)26-18-10-11-20(24)21(25)14-18)13-17(22)15-27(2)32(29,30)19-7-5-4-6-8-19/h4-14H,3,15H2,1-2H3,(H,26,28). The minimum absolute atomic E-state index is 0.0282. The van der Waals surface area contributed by atoms with Gasteiger partial charge in [-0.3, -0.25) is 4.79 Å². The lowest BCUT2D eigenvalue weighted by Gasteiger charge is -2.20. The summed E-state index contributed by atoms with van der Waals surface area (Å²) in [5.41, 5.74) is 1.40. The number of nitrogens with one attached hydrogen (secondary N) is 1. The van der Waals surface area contributed by atoms with E-state index in [1.807, 2.05) is 6.92 Å². The maximum absolute atomic E-state index is 12.9. The molecule has 0 spiro atoms. The Kier molecular flexibility index (Phi) is 7.79. The fraction of sp³-hybridized carbons (Fsp3) is 0.174. The summed E-state index contributed by atoms with van der Waals surface area (Å²) in [7, 11) is -2.22. The summed E-state index contributed by atoms with van der Waals surface area (Å²) in [5.74, 6) is 0.134. The molecule has 168 valence electrons. The number of halogens is 2. The van der Waals surface area contributed by atoms with Gasteiger partial charge in [0.2, 0.25) is 10.0 Å². The first-order valence-electron chi connectivity index (χ1n) is 9.76. The fourth-order valence-corrected chi connectivity index (χ4v) is 4.48. The van der Waals surface area contributed by atoms with Crippen LogP contribution in [0.25, 0.3) is 0 Å². The minimum Gasteiger partial charge on any atom is -0.494 e. The largest absolute Gasteiger partial charge is 0.494 e. The van der Waals surface area contributed by atoms with Crippen LogP contribution in [0, 0.1) is 0 Å². The highest BCUT2D eigenvalue weighted by Gasteiger charge is 2.22. The molecular weight excluding hydrogens is 471 g/mol. The molecule has 1 N–H and O–H groups in total. The maximum Gasteiger partial charge on any atom is 0.255 e. The van der Waals surface area contributed by atoms with E-state index in [-0.39, 0.29) is 17.3 Å². The number of amides is 1. The van der Waals surface area contributed by atoms with Crippen LogP contribution >= 0.6 is 23.2 Å². The van der Waals surface area contributed by atoms with Crippen molar-refractivity contribution in [1.29, 1.82) is 0 Å². The number of anilines is 1. The Bertz CT molecular complexity index is 1220. The Balaban J connectivity index is 1.87. The molecule has 0 saturated carbocycles. The van der Waals surface area contributed by atoms with Gasteiger partial charge in [-0.2, -0.15) is 4.31 Å². The van der Waals surface area contributed by atoms with Crippen molar-refractivity contribution >= 4 is 44.8 Å². The van der Waals surface area contributed by atoms with Crippen LogP contribution in [0.4, 0.5) is 5.69 Å². The van der Waals surface area contributed by atoms with Gasteiger partial charge in [0, 0.05) is 30.4 Å². The predicted molar refractivity (Wildman–Crippen MR) is 127 cm³/mol. The van der Waals surface area contributed by atoms with Crippen LogP contribution in [0.15, 0.2) is 71.6 Å². The summed E-state index contributed by atoms with van der Waals surface area (Å²) < 4.78 is 32.7. The number of hydrogen-bond donors (Lipinski definition) is 1. The number of carbonyl (C=O) groups is 1. The monoisotopic (exact) mass is 492 g/mol. The number of rotatable bonds is 8. The van der Waals surface area contributed by atoms with E-state index in [1.54, 1.807) is 54.6 Å². The zero-order valence-corrected chi connectivity index (χ0v) is 19.8. The fourth-order valence-electron chi connectivity index (χ4n) is 3.01.